The first-order chi connectivity index (χ1) is 13.6. The number of nitrogens with zero attached hydrogens (tertiary/aromatic N) is 2. The molecular formula is C21H23FN4O2. The SMILES string of the molecule is COc1ccc(CCNc2cc(C)nc(Nc3ccc(F)cc3)n2)cc1OC. The first-order valence-electron chi connectivity index (χ1n) is 8.90. The number of anilines is 3. The molecule has 2 N–H and O–H groups in total. The molecule has 0 saturated carbocycles. The molecule has 1 heterocycles. The highest BCUT2D eigenvalue weighted by Gasteiger charge is 2.06. The van der Waals surface area contributed by atoms with Crippen LogP contribution in [0.1, 0.15) is 11.3 Å². The lowest BCUT2D eigenvalue weighted by Gasteiger charge is -2.11. The van der Waals surface area contributed by atoms with Gasteiger partial charge in [0.1, 0.15) is 11.6 Å². The Morgan fingerprint density at radius 1 is 0.929 bits per heavy atom. The average molecular weight is 382 g/mol. The van der Waals surface area contributed by atoms with Crippen molar-refractivity contribution in [1.29, 1.82) is 0 Å². The summed E-state index contributed by atoms with van der Waals surface area (Å²) in [5, 5.41) is 6.40. The summed E-state index contributed by atoms with van der Waals surface area (Å²) in [6, 6.07) is 13.8. The molecule has 6 nitrogen and oxygen atoms in total. The van der Waals surface area contributed by atoms with E-state index in [0.29, 0.717) is 24.0 Å². The van der Waals surface area contributed by atoms with Gasteiger partial charge in [0.25, 0.3) is 0 Å². The highest BCUT2D eigenvalue weighted by molar-refractivity contribution is 5.55. The number of hydrogen-bond donors (Lipinski definition) is 2. The van der Waals surface area contributed by atoms with Gasteiger partial charge in [-0.25, -0.2) is 9.37 Å². The molecule has 0 aliphatic heterocycles. The van der Waals surface area contributed by atoms with Crippen LogP contribution in [0.5, 0.6) is 11.5 Å². The van der Waals surface area contributed by atoms with Crippen LogP contribution >= 0.6 is 0 Å². The van der Waals surface area contributed by atoms with E-state index in [1.54, 1.807) is 26.4 Å². The molecular weight excluding hydrogens is 359 g/mol. The summed E-state index contributed by atoms with van der Waals surface area (Å²) in [5.74, 6) is 2.32. The van der Waals surface area contributed by atoms with Gasteiger partial charge < -0.3 is 20.1 Å². The average Bonchev–Trinajstić information content (AvgIpc) is 2.69. The first kappa shape index (κ1) is 19.4. The molecule has 0 atom stereocenters. The third-order valence-corrected chi connectivity index (χ3v) is 4.12. The van der Waals surface area contributed by atoms with E-state index in [-0.39, 0.29) is 5.82 Å². The van der Waals surface area contributed by atoms with Crippen LogP contribution in [0, 0.1) is 12.7 Å². The molecule has 0 unspecified atom stereocenters. The summed E-state index contributed by atoms with van der Waals surface area (Å²) in [4.78, 5) is 8.84. The number of hydrogen-bond acceptors (Lipinski definition) is 6. The molecule has 0 aliphatic rings. The van der Waals surface area contributed by atoms with Crippen LogP contribution in [0.25, 0.3) is 0 Å². The standard InChI is InChI=1S/C21H23FN4O2/c1-14-12-20(26-21(24-14)25-17-7-5-16(22)6-8-17)23-11-10-15-4-9-18(27-2)19(13-15)28-3/h4-9,12-13H,10-11H2,1-3H3,(H2,23,24,25,26). The minimum absolute atomic E-state index is 0.284. The van der Waals surface area contributed by atoms with E-state index in [0.717, 1.165) is 29.2 Å². The molecule has 0 aliphatic carbocycles. The summed E-state index contributed by atoms with van der Waals surface area (Å²) in [6.07, 6.45) is 0.796. The fourth-order valence-electron chi connectivity index (χ4n) is 2.75. The Labute approximate surface area is 163 Å². The van der Waals surface area contributed by atoms with E-state index in [1.165, 1.54) is 12.1 Å². The van der Waals surface area contributed by atoms with Crippen molar-refractivity contribution < 1.29 is 13.9 Å². The molecule has 28 heavy (non-hydrogen) atoms. The predicted octanol–water partition coefficient (Wildman–Crippen LogP) is 4.34. The van der Waals surface area contributed by atoms with Gasteiger partial charge in [-0.2, -0.15) is 4.98 Å². The van der Waals surface area contributed by atoms with Gasteiger partial charge in [0.05, 0.1) is 14.2 Å². The maximum Gasteiger partial charge on any atom is 0.229 e. The lowest BCUT2D eigenvalue weighted by molar-refractivity contribution is 0.354. The molecule has 2 aromatic carbocycles. The van der Waals surface area contributed by atoms with Crippen molar-refractivity contribution in [2.24, 2.45) is 0 Å². The normalized spacial score (nSPS) is 10.4. The predicted molar refractivity (Wildman–Crippen MR) is 108 cm³/mol. The van der Waals surface area contributed by atoms with Crippen molar-refractivity contribution in [2.75, 3.05) is 31.4 Å². The van der Waals surface area contributed by atoms with Crippen LogP contribution in [0.2, 0.25) is 0 Å². The monoisotopic (exact) mass is 382 g/mol. The minimum atomic E-state index is -0.284. The van der Waals surface area contributed by atoms with Gasteiger partial charge in [-0.3, -0.25) is 0 Å². The van der Waals surface area contributed by atoms with Crippen LogP contribution in [-0.4, -0.2) is 30.7 Å². The second-order valence-electron chi connectivity index (χ2n) is 6.22. The summed E-state index contributed by atoms with van der Waals surface area (Å²) in [5.41, 5.74) is 2.68. The third-order valence-electron chi connectivity index (χ3n) is 4.12. The second kappa shape index (κ2) is 9.03. The molecule has 0 spiro atoms. The molecule has 3 rings (SSSR count). The maximum absolute atomic E-state index is 13.0. The van der Waals surface area contributed by atoms with Gasteiger partial charge >= 0.3 is 0 Å². The van der Waals surface area contributed by atoms with Gasteiger partial charge in [-0.15, -0.1) is 0 Å². The number of nitrogens with one attached hydrogen (secondary N) is 2. The lowest BCUT2D eigenvalue weighted by Crippen LogP contribution is -2.09. The van der Waals surface area contributed by atoms with Gasteiger partial charge in [0.15, 0.2) is 11.5 Å². The number of benzene rings is 2. The zero-order valence-corrected chi connectivity index (χ0v) is 16.1. The number of aryl methyl sites for hydroxylation is 1. The Morgan fingerprint density at radius 3 is 2.39 bits per heavy atom. The zero-order chi connectivity index (χ0) is 19.9. The minimum Gasteiger partial charge on any atom is -0.493 e. The van der Waals surface area contributed by atoms with E-state index >= 15 is 0 Å². The Balaban J connectivity index is 1.63. The van der Waals surface area contributed by atoms with Crippen molar-refractivity contribution in [1.82, 2.24) is 9.97 Å². The molecule has 0 fully saturated rings. The van der Waals surface area contributed by atoms with E-state index in [9.17, 15) is 4.39 Å². The maximum atomic E-state index is 13.0. The van der Waals surface area contributed by atoms with Crippen LogP contribution in [0.4, 0.5) is 21.8 Å². The fourth-order valence-corrected chi connectivity index (χ4v) is 2.75. The van der Waals surface area contributed by atoms with Crippen molar-refractivity contribution in [2.45, 2.75) is 13.3 Å². The summed E-state index contributed by atoms with van der Waals surface area (Å²) in [7, 11) is 3.24. The molecule has 3 aromatic rings. The molecule has 0 saturated heterocycles. The van der Waals surface area contributed by atoms with Gasteiger partial charge in [-0.1, -0.05) is 6.07 Å². The van der Waals surface area contributed by atoms with E-state index < -0.39 is 0 Å². The van der Waals surface area contributed by atoms with Crippen LogP contribution in [-0.2, 0) is 6.42 Å². The van der Waals surface area contributed by atoms with E-state index in [4.69, 9.17) is 9.47 Å². The second-order valence-corrected chi connectivity index (χ2v) is 6.22. The highest BCUT2D eigenvalue weighted by Crippen LogP contribution is 2.27. The van der Waals surface area contributed by atoms with Crippen molar-refractivity contribution in [3.8, 4) is 11.5 Å². The molecule has 146 valence electrons. The highest BCUT2D eigenvalue weighted by atomic mass is 19.1. The molecule has 0 amide bonds. The fraction of sp³-hybridized carbons (Fsp3) is 0.238. The smallest absolute Gasteiger partial charge is 0.229 e. The Kier molecular flexibility index (Phi) is 6.26. The lowest BCUT2D eigenvalue weighted by atomic mass is 10.1. The van der Waals surface area contributed by atoms with Gasteiger partial charge in [0.2, 0.25) is 5.95 Å². The van der Waals surface area contributed by atoms with Crippen molar-refractivity contribution in [3.05, 3.63) is 65.6 Å². The van der Waals surface area contributed by atoms with Crippen molar-refractivity contribution in [3.63, 3.8) is 0 Å². The Morgan fingerprint density at radius 2 is 1.68 bits per heavy atom. The zero-order valence-electron chi connectivity index (χ0n) is 16.1. The van der Waals surface area contributed by atoms with Crippen LogP contribution in [0.3, 0.4) is 0 Å². The molecule has 1 aromatic heterocycles. The molecule has 7 heteroatoms. The Bertz CT molecular complexity index is 932. The number of ether oxygens (including phenoxy) is 2. The number of aromatic nitrogens is 2. The summed E-state index contributed by atoms with van der Waals surface area (Å²) in [6.45, 7) is 2.60. The number of methoxy groups -OCH3 is 2. The van der Waals surface area contributed by atoms with E-state index in [2.05, 4.69) is 20.6 Å². The topological polar surface area (TPSA) is 68.3 Å². The van der Waals surface area contributed by atoms with Crippen LogP contribution in [0.15, 0.2) is 48.5 Å². The quantitative estimate of drug-likeness (QED) is 0.604. The van der Waals surface area contributed by atoms with Gasteiger partial charge in [-0.05, 0) is 55.3 Å². The largest absolute Gasteiger partial charge is 0.493 e. The third kappa shape index (κ3) is 5.09. The Hall–Kier alpha value is -3.35. The number of rotatable bonds is 8. The summed E-state index contributed by atoms with van der Waals surface area (Å²) >= 11 is 0. The van der Waals surface area contributed by atoms with Crippen molar-refractivity contribution >= 4 is 17.5 Å². The first-order valence-corrected chi connectivity index (χ1v) is 8.90. The van der Waals surface area contributed by atoms with Gasteiger partial charge in [0, 0.05) is 24.0 Å². The molecule has 0 radical (unpaired) electrons. The number of halogens is 1. The van der Waals surface area contributed by atoms with Crippen LogP contribution < -0.4 is 20.1 Å². The summed E-state index contributed by atoms with van der Waals surface area (Å²) < 4.78 is 23.6. The molecule has 0 bridgehead atoms. The van der Waals surface area contributed by atoms with E-state index in [1.807, 2.05) is 31.2 Å².